The fourth-order valence-electron chi connectivity index (χ4n) is 3.42. The van der Waals surface area contributed by atoms with E-state index in [0.29, 0.717) is 5.75 Å². The molecule has 33 heavy (non-hydrogen) atoms. The molecular weight excluding hydrogens is 462 g/mol. The van der Waals surface area contributed by atoms with Gasteiger partial charge in [0, 0.05) is 6.54 Å². The lowest BCUT2D eigenvalue weighted by molar-refractivity contribution is -0.281. The lowest BCUT2D eigenvalue weighted by Gasteiger charge is -2.39. The van der Waals surface area contributed by atoms with Crippen LogP contribution in [0.3, 0.4) is 0 Å². The number of ether oxygens (including phenoxy) is 4. The SMILES string of the molecule is C[C@H]1O[C@@H](Oc2ccc(CNC(=S)O[C@H]3O[C@H](CO)[C@@H](O)[C@H](O)[C@H]3O)cc2)[C@H](O)[C@@H](O)[C@@H]1O. The molecule has 0 radical (unpaired) electrons. The van der Waals surface area contributed by atoms with Crippen LogP contribution in [0.5, 0.6) is 5.75 Å². The zero-order valence-corrected chi connectivity index (χ0v) is 18.5. The summed E-state index contributed by atoms with van der Waals surface area (Å²) in [6, 6.07) is 6.61. The molecule has 2 aliphatic rings. The van der Waals surface area contributed by atoms with Crippen LogP contribution in [0.15, 0.2) is 24.3 Å². The summed E-state index contributed by atoms with van der Waals surface area (Å²) in [5, 5.41) is 71.1. The van der Waals surface area contributed by atoms with Crippen LogP contribution in [0.25, 0.3) is 0 Å². The molecule has 3 rings (SSSR count). The second kappa shape index (κ2) is 11.2. The van der Waals surface area contributed by atoms with E-state index in [1.54, 1.807) is 31.2 Å². The predicted molar refractivity (Wildman–Crippen MR) is 114 cm³/mol. The topological polar surface area (TPSA) is 191 Å². The van der Waals surface area contributed by atoms with E-state index in [1.807, 2.05) is 0 Å². The summed E-state index contributed by atoms with van der Waals surface area (Å²) in [6.45, 7) is 1.20. The van der Waals surface area contributed by atoms with E-state index in [-0.39, 0.29) is 11.7 Å². The number of hydrogen-bond donors (Lipinski definition) is 8. The molecule has 13 heteroatoms. The van der Waals surface area contributed by atoms with E-state index in [2.05, 4.69) is 5.32 Å². The molecule has 8 N–H and O–H groups in total. The van der Waals surface area contributed by atoms with Gasteiger partial charge in [0.05, 0.1) is 12.7 Å². The Hall–Kier alpha value is -1.65. The Morgan fingerprint density at radius 3 is 2.12 bits per heavy atom. The molecule has 2 heterocycles. The molecule has 2 saturated heterocycles. The maximum absolute atomic E-state index is 10.0. The molecule has 12 nitrogen and oxygen atoms in total. The molecule has 1 aromatic rings. The minimum atomic E-state index is -1.57. The van der Waals surface area contributed by atoms with Crippen LogP contribution in [0, 0.1) is 0 Å². The average molecular weight is 492 g/mol. The molecule has 1 aromatic carbocycles. The maximum atomic E-state index is 10.0. The number of aliphatic hydroxyl groups excluding tert-OH is 7. The highest BCUT2D eigenvalue weighted by Gasteiger charge is 2.45. The van der Waals surface area contributed by atoms with Gasteiger partial charge in [0.2, 0.25) is 12.6 Å². The predicted octanol–water partition coefficient (Wildman–Crippen LogP) is -2.92. The third kappa shape index (κ3) is 6.08. The van der Waals surface area contributed by atoms with Crippen molar-refractivity contribution < 1.29 is 54.7 Å². The van der Waals surface area contributed by atoms with Crippen molar-refractivity contribution in [1.29, 1.82) is 0 Å². The van der Waals surface area contributed by atoms with Crippen LogP contribution in [0.2, 0.25) is 0 Å². The van der Waals surface area contributed by atoms with Crippen molar-refractivity contribution in [2.75, 3.05) is 6.61 Å². The Kier molecular flexibility index (Phi) is 8.80. The fraction of sp³-hybridized carbons (Fsp3) is 0.650. The molecule has 2 aliphatic heterocycles. The summed E-state index contributed by atoms with van der Waals surface area (Å²) < 4.78 is 21.5. The second-order valence-electron chi connectivity index (χ2n) is 7.90. The Morgan fingerprint density at radius 2 is 1.48 bits per heavy atom. The van der Waals surface area contributed by atoms with Gasteiger partial charge in [0.15, 0.2) is 0 Å². The smallest absolute Gasteiger partial charge is 0.259 e. The van der Waals surface area contributed by atoms with Gasteiger partial charge in [-0.2, -0.15) is 0 Å². The summed E-state index contributed by atoms with van der Waals surface area (Å²) >= 11 is 5.06. The largest absolute Gasteiger partial charge is 0.462 e. The highest BCUT2D eigenvalue weighted by atomic mass is 32.1. The molecule has 0 spiro atoms. The van der Waals surface area contributed by atoms with Crippen LogP contribution in [-0.2, 0) is 20.8 Å². The van der Waals surface area contributed by atoms with Gasteiger partial charge in [0.1, 0.15) is 48.5 Å². The Bertz CT molecular complexity index is 782. The number of rotatable bonds is 6. The van der Waals surface area contributed by atoms with Crippen molar-refractivity contribution in [2.45, 2.75) is 74.9 Å². The lowest BCUT2D eigenvalue weighted by atomic mass is 9.99. The average Bonchev–Trinajstić information content (AvgIpc) is 2.81. The summed E-state index contributed by atoms with van der Waals surface area (Å²) in [7, 11) is 0. The minimum absolute atomic E-state index is 0.139. The van der Waals surface area contributed by atoms with Crippen molar-refractivity contribution in [3.05, 3.63) is 29.8 Å². The highest BCUT2D eigenvalue weighted by Crippen LogP contribution is 2.25. The number of thiocarbonyl (C=S) groups is 1. The van der Waals surface area contributed by atoms with Crippen LogP contribution in [0.4, 0.5) is 0 Å². The van der Waals surface area contributed by atoms with E-state index in [4.69, 9.17) is 31.2 Å². The van der Waals surface area contributed by atoms with Gasteiger partial charge in [-0.15, -0.1) is 0 Å². The molecule has 186 valence electrons. The monoisotopic (exact) mass is 491 g/mol. The number of nitrogens with one attached hydrogen (secondary N) is 1. The zero-order chi connectivity index (χ0) is 24.3. The van der Waals surface area contributed by atoms with Gasteiger partial charge >= 0.3 is 0 Å². The minimum Gasteiger partial charge on any atom is -0.462 e. The molecule has 10 atom stereocenters. The molecule has 0 bridgehead atoms. The van der Waals surface area contributed by atoms with Gasteiger partial charge in [-0.1, -0.05) is 12.1 Å². The standard InChI is InChI=1S/C20H29NO11S/c1-8-12(23)14(25)16(27)18(29-8)30-10-4-2-9(3-5-10)6-21-20(33)32-19-17(28)15(26)13(24)11(7-22)31-19/h2-5,8,11-19,22-28H,6-7H2,1H3,(H,21,33)/t8-,11-,12-,13-,14+,15+,16-,17-,18+,19-/m1/s1. The van der Waals surface area contributed by atoms with Gasteiger partial charge in [0.25, 0.3) is 5.17 Å². The first-order chi connectivity index (χ1) is 15.6. The third-order valence-corrected chi connectivity index (χ3v) is 5.73. The molecule has 0 unspecified atom stereocenters. The van der Waals surface area contributed by atoms with Crippen LogP contribution >= 0.6 is 12.2 Å². The van der Waals surface area contributed by atoms with Crippen molar-refractivity contribution in [3.8, 4) is 5.75 Å². The van der Waals surface area contributed by atoms with E-state index in [9.17, 15) is 35.7 Å². The first kappa shape index (κ1) is 26.0. The Labute approximate surface area is 194 Å². The summed E-state index contributed by atoms with van der Waals surface area (Å²) in [5.74, 6) is 0.360. The number of aliphatic hydroxyl groups is 7. The molecule has 0 saturated carbocycles. The normalized spacial score (nSPS) is 39.0. The number of benzene rings is 1. The van der Waals surface area contributed by atoms with Crippen molar-refractivity contribution in [1.82, 2.24) is 5.32 Å². The second-order valence-corrected chi connectivity index (χ2v) is 8.27. The van der Waals surface area contributed by atoms with E-state index >= 15 is 0 Å². The van der Waals surface area contributed by atoms with Crippen molar-refractivity contribution in [3.63, 3.8) is 0 Å². The quantitative estimate of drug-likeness (QED) is 0.189. The fourth-order valence-corrected chi connectivity index (χ4v) is 3.58. The summed E-state index contributed by atoms with van der Waals surface area (Å²) in [5.41, 5.74) is 0.760. The van der Waals surface area contributed by atoms with Gasteiger partial charge in [-0.3, -0.25) is 0 Å². The van der Waals surface area contributed by atoms with Crippen LogP contribution < -0.4 is 10.1 Å². The molecule has 2 fully saturated rings. The highest BCUT2D eigenvalue weighted by molar-refractivity contribution is 7.80. The third-order valence-electron chi connectivity index (χ3n) is 5.49. The number of hydrogen-bond acceptors (Lipinski definition) is 12. The van der Waals surface area contributed by atoms with Gasteiger partial charge < -0.3 is 60.0 Å². The van der Waals surface area contributed by atoms with Crippen LogP contribution in [0.1, 0.15) is 12.5 Å². The lowest BCUT2D eigenvalue weighted by Crippen LogP contribution is -2.59. The zero-order valence-electron chi connectivity index (χ0n) is 17.7. The van der Waals surface area contributed by atoms with Gasteiger partial charge in [-0.05, 0) is 36.8 Å². The van der Waals surface area contributed by atoms with E-state index in [1.165, 1.54) is 0 Å². The van der Waals surface area contributed by atoms with Crippen molar-refractivity contribution in [2.24, 2.45) is 0 Å². The molecule has 0 aromatic heterocycles. The van der Waals surface area contributed by atoms with E-state index < -0.39 is 68.0 Å². The Balaban J connectivity index is 1.49. The molecular formula is C20H29NO11S. The first-order valence-electron chi connectivity index (χ1n) is 10.3. The molecule has 0 aliphatic carbocycles. The van der Waals surface area contributed by atoms with Gasteiger partial charge in [-0.25, -0.2) is 0 Å². The molecule has 0 amide bonds. The van der Waals surface area contributed by atoms with Crippen LogP contribution in [-0.4, -0.2) is 109 Å². The summed E-state index contributed by atoms with van der Waals surface area (Å²) in [4.78, 5) is 0. The van der Waals surface area contributed by atoms with E-state index in [0.717, 1.165) is 5.56 Å². The first-order valence-corrected chi connectivity index (χ1v) is 10.7. The maximum Gasteiger partial charge on any atom is 0.259 e. The Morgan fingerprint density at radius 1 is 0.879 bits per heavy atom. The summed E-state index contributed by atoms with van der Waals surface area (Å²) in [6.07, 6.45) is -13.0. The van der Waals surface area contributed by atoms with Crippen molar-refractivity contribution >= 4 is 17.4 Å².